The minimum Gasteiger partial charge on any atom is -0.479 e. The number of carbonyl (C=O) groups is 4. The lowest BCUT2D eigenvalue weighted by Gasteiger charge is -2.34. The van der Waals surface area contributed by atoms with E-state index in [1.807, 2.05) is 73.7 Å². The lowest BCUT2D eigenvalue weighted by Crippen LogP contribution is -2.57. The Balaban J connectivity index is 1.56. The van der Waals surface area contributed by atoms with E-state index < -0.39 is 58.6 Å². The number of methoxy groups -OCH3 is 1. The molecule has 2 aromatic carbocycles. The number of carbonyl (C=O) groups excluding carboxylic acids is 3. The lowest BCUT2D eigenvalue weighted by atomic mass is 9.78. The normalized spacial score (nSPS) is 29.5. The molecule has 1 saturated heterocycles. The van der Waals surface area contributed by atoms with Crippen molar-refractivity contribution in [3.05, 3.63) is 72.3 Å². The largest absolute Gasteiger partial charge is 0.479 e. The Hall–Kier alpha value is -4.18. The van der Waals surface area contributed by atoms with Crippen LogP contribution in [0.25, 0.3) is 11.1 Å². The molecule has 10 nitrogen and oxygen atoms in total. The summed E-state index contributed by atoms with van der Waals surface area (Å²) in [5.41, 5.74) is -0.424. The van der Waals surface area contributed by atoms with Gasteiger partial charge in [0.15, 0.2) is 0 Å². The highest BCUT2D eigenvalue weighted by Crippen LogP contribution is 2.49. The SMILES string of the molecule is CCC1[C@H]2C(=O)N[C@]3(C(=O)O)C[C@H]3C=CCCCCC[C@H](NC(=O)OC(C)(C)C)C(=O)N2C[C@]1(OC)c1ccc(-c2ccccc2)cc1. The van der Waals surface area contributed by atoms with E-state index in [0.717, 1.165) is 36.0 Å². The zero-order valence-corrected chi connectivity index (χ0v) is 28.7. The van der Waals surface area contributed by atoms with Crippen LogP contribution in [-0.4, -0.2) is 70.8 Å². The zero-order valence-electron chi connectivity index (χ0n) is 28.7. The van der Waals surface area contributed by atoms with Gasteiger partial charge in [-0.15, -0.1) is 0 Å². The van der Waals surface area contributed by atoms with Crippen molar-refractivity contribution in [3.63, 3.8) is 0 Å². The summed E-state index contributed by atoms with van der Waals surface area (Å²) in [6.07, 6.45) is 7.34. The fraction of sp³-hybridized carbons (Fsp3) is 0.526. The van der Waals surface area contributed by atoms with Crippen LogP contribution in [0.3, 0.4) is 0 Å². The van der Waals surface area contributed by atoms with Crippen molar-refractivity contribution in [1.82, 2.24) is 15.5 Å². The van der Waals surface area contributed by atoms with Crippen molar-refractivity contribution >= 4 is 23.9 Å². The Morgan fingerprint density at radius 2 is 1.71 bits per heavy atom. The van der Waals surface area contributed by atoms with Crippen LogP contribution in [0.5, 0.6) is 0 Å². The molecule has 5 rings (SSSR count). The summed E-state index contributed by atoms with van der Waals surface area (Å²) in [6, 6.07) is 15.9. The van der Waals surface area contributed by atoms with E-state index in [0.29, 0.717) is 19.3 Å². The number of hydrogen-bond donors (Lipinski definition) is 3. The summed E-state index contributed by atoms with van der Waals surface area (Å²) < 4.78 is 11.9. The maximum atomic E-state index is 14.6. The van der Waals surface area contributed by atoms with Crippen LogP contribution < -0.4 is 10.6 Å². The first-order valence-corrected chi connectivity index (χ1v) is 17.1. The highest BCUT2D eigenvalue weighted by atomic mass is 16.6. The molecule has 0 bridgehead atoms. The summed E-state index contributed by atoms with van der Waals surface area (Å²) in [6.45, 7) is 7.25. The van der Waals surface area contributed by atoms with Gasteiger partial charge < -0.3 is 30.1 Å². The molecule has 2 aliphatic heterocycles. The number of rotatable bonds is 6. The highest BCUT2D eigenvalue weighted by molar-refractivity contribution is 5.96. The minimum absolute atomic E-state index is 0.0412. The number of ether oxygens (including phenoxy) is 2. The third kappa shape index (κ3) is 7.14. The van der Waals surface area contributed by atoms with Crippen LogP contribution in [0.2, 0.25) is 0 Å². The monoisotopic (exact) mass is 659 g/mol. The predicted octanol–water partition coefficient (Wildman–Crippen LogP) is 5.81. The number of benzene rings is 2. The first-order chi connectivity index (χ1) is 22.8. The molecular weight excluding hydrogens is 610 g/mol. The Kier molecular flexibility index (Phi) is 10.3. The summed E-state index contributed by atoms with van der Waals surface area (Å²) >= 11 is 0. The number of fused-ring (bicyclic) bond motifs is 2. The van der Waals surface area contributed by atoms with E-state index in [4.69, 9.17) is 9.47 Å². The van der Waals surface area contributed by atoms with Crippen molar-refractivity contribution in [2.75, 3.05) is 13.7 Å². The Morgan fingerprint density at radius 3 is 2.33 bits per heavy atom. The van der Waals surface area contributed by atoms with Gasteiger partial charge in [-0.05, 0) is 69.6 Å². The molecule has 10 heteroatoms. The second-order valence-electron chi connectivity index (χ2n) is 14.3. The van der Waals surface area contributed by atoms with Crippen LogP contribution >= 0.6 is 0 Å². The number of allylic oxidation sites excluding steroid dienone is 1. The molecule has 1 saturated carbocycles. The van der Waals surface area contributed by atoms with E-state index >= 15 is 0 Å². The number of hydrogen-bond acceptors (Lipinski definition) is 6. The molecule has 1 unspecified atom stereocenters. The van der Waals surface area contributed by atoms with Gasteiger partial charge in [0.25, 0.3) is 0 Å². The average molecular weight is 660 g/mol. The molecule has 0 radical (unpaired) electrons. The van der Waals surface area contributed by atoms with Crippen molar-refractivity contribution in [3.8, 4) is 11.1 Å². The van der Waals surface area contributed by atoms with Crippen LogP contribution in [0, 0.1) is 11.8 Å². The molecule has 3 aliphatic rings. The number of amides is 3. The lowest BCUT2D eigenvalue weighted by molar-refractivity contribution is -0.146. The number of nitrogens with one attached hydrogen (secondary N) is 2. The van der Waals surface area contributed by atoms with Gasteiger partial charge in [-0.1, -0.05) is 86.5 Å². The van der Waals surface area contributed by atoms with Gasteiger partial charge in [-0.25, -0.2) is 9.59 Å². The van der Waals surface area contributed by atoms with Gasteiger partial charge in [0, 0.05) is 18.9 Å². The topological polar surface area (TPSA) is 134 Å². The van der Waals surface area contributed by atoms with Gasteiger partial charge in [0.05, 0.1) is 6.54 Å². The molecule has 48 heavy (non-hydrogen) atoms. The standard InChI is InChI=1S/C38H49N3O7/c1-6-29-31-32(42)40-37(34(44)45)23-28(37)17-13-8-7-9-14-18-30(39-35(46)48-36(2,3)4)33(43)41(31)24-38(29,47-5)27-21-19-26(20-22-27)25-15-11-10-12-16-25/h10-13,15-17,19-22,28-31H,6-9,14,18,23-24H2,1-5H3,(H,39,46)(H,40,42)(H,44,45)/t28-,29?,30+,31+,37-,38+/m1/s1. The number of nitrogens with zero attached hydrogens (tertiary/aromatic N) is 1. The van der Waals surface area contributed by atoms with Crippen LogP contribution in [-0.2, 0) is 29.5 Å². The molecule has 2 fully saturated rings. The fourth-order valence-electron chi connectivity index (χ4n) is 7.46. The molecule has 258 valence electrons. The van der Waals surface area contributed by atoms with E-state index in [9.17, 15) is 24.3 Å². The van der Waals surface area contributed by atoms with Crippen molar-refractivity contribution in [2.45, 2.75) is 101 Å². The van der Waals surface area contributed by atoms with Gasteiger partial charge in [0.1, 0.15) is 28.8 Å². The van der Waals surface area contributed by atoms with Gasteiger partial charge in [-0.3, -0.25) is 9.59 Å². The van der Waals surface area contributed by atoms with E-state index in [-0.39, 0.29) is 18.9 Å². The first kappa shape index (κ1) is 35.1. The molecule has 3 N–H and O–H groups in total. The van der Waals surface area contributed by atoms with E-state index in [1.165, 1.54) is 4.90 Å². The Labute approximate surface area is 283 Å². The number of aliphatic carboxylic acids is 1. The maximum Gasteiger partial charge on any atom is 0.408 e. The second-order valence-corrected chi connectivity index (χ2v) is 14.3. The zero-order chi connectivity index (χ0) is 34.7. The average Bonchev–Trinajstić information content (AvgIpc) is 3.64. The van der Waals surface area contributed by atoms with E-state index in [2.05, 4.69) is 10.6 Å². The predicted molar refractivity (Wildman–Crippen MR) is 182 cm³/mol. The highest BCUT2D eigenvalue weighted by Gasteiger charge is 2.64. The minimum atomic E-state index is -1.44. The van der Waals surface area contributed by atoms with Crippen molar-refractivity contribution in [2.24, 2.45) is 11.8 Å². The number of carboxylic acids is 1. The summed E-state index contributed by atoms with van der Waals surface area (Å²) in [4.78, 5) is 56.2. The van der Waals surface area contributed by atoms with Crippen molar-refractivity contribution in [1.29, 1.82) is 0 Å². The maximum absolute atomic E-state index is 14.6. The van der Waals surface area contributed by atoms with E-state index in [1.54, 1.807) is 27.9 Å². The third-order valence-corrected chi connectivity index (χ3v) is 10.0. The summed E-state index contributed by atoms with van der Waals surface area (Å²) in [5.74, 6) is -2.93. The smallest absolute Gasteiger partial charge is 0.408 e. The number of alkyl carbamates (subject to hydrolysis) is 1. The molecule has 0 spiro atoms. The summed E-state index contributed by atoms with van der Waals surface area (Å²) in [5, 5.41) is 16.0. The number of carboxylic acid groups (broad SMARTS) is 1. The molecule has 1 aliphatic carbocycles. The summed E-state index contributed by atoms with van der Waals surface area (Å²) in [7, 11) is 1.58. The first-order valence-electron chi connectivity index (χ1n) is 17.1. The molecule has 2 aromatic rings. The Bertz CT molecular complexity index is 1520. The van der Waals surface area contributed by atoms with Gasteiger partial charge in [-0.2, -0.15) is 0 Å². The molecule has 0 aromatic heterocycles. The molecule has 6 atom stereocenters. The van der Waals surface area contributed by atoms with Crippen LogP contribution in [0.1, 0.15) is 78.2 Å². The van der Waals surface area contributed by atoms with Gasteiger partial charge in [0.2, 0.25) is 11.8 Å². The second kappa shape index (κ2) is 14.1. The molecule has 3 amide bonds. The van der Waals surface area contributed by atoms with Crippen LogP contribution in [0.15, 0.2) is 66.7 Å². The van der Waals surface area contributed by atoms with Crippen LogP contribution in [0.4, 0.5) is 4.79 Å². The Morgan fingerprint density at radius 1 is 1.02 bits per heavy atom. The quantitative estimate of drug-likeness (QED) is 0.334. The molecular formula is C38H49N3O7. The molecule has 2 heterocycles. The van der Waals surface area contributed by atoms with Gasteiger partial charge >= 0.3 is 12.1 Å². The van der Waals surface area contributed by atoms with Crippen molar-refractivity contribution < 1.29 is 33.8 Å². The third-order valence-electron chi connectivity index (χ3n) is 10.0. The fourth-order valence-corrected chi connectivity index (χ4v) is 7.46.